The molecule has 3 heteroatoms. The molecule has 2 fully saturated rings. The average Bonchev–Trinajstić information content (AvgIpc) is 3.52. The highest BCUT2D eigenvalue weighted by molar-refractivity contribution is 5.94. The molecule has 0 aromatic heterocycles. The lowest BCUT2D eigenvalue weighted by molar-refractivity contribution is 0.0743. The number of carbonyl (C=O) groups is 1. The van der Waals surface area contributed by atoms with Crippen molar-refractivity contribution in [3.05, 3.63) is 76.9 Å². The Morgan fingerprint density at radius 2 is 1.60 bits per heavy atom. The Morgan fingerprint density at radius 1 is 0.880 bits per heavy atom. The molecule has 3 nitrogen and oxygen atoms in total. The molecule has 0 unspecified atom stereocenters. The van der Waals surface area contributed by atoms with E-state index >= 15 is 0 Å². The van der Waals surface area contributed by atoms with Gasteiger partial charge in [-0.25, -0.2) is 0 Å². The maximum atomic E-state index is 12.8. The van der Waals surface area contributed by atoms with Crippen LogP contribution in [0.1, 0.15) is 41.6 Å². The van der Waals surface area contributed by atoms with Crippen molar-refractivity contribution in [3.8, 4) is 5.75 Å². The van der Waals surface area contributed by atoms with E-state index in [0.29, 0.717) is 12.2 Å². The minimum Gasteiger partial charge on any atom is -0.489 e. The summed E-state index contributed by atoms with van der Waals surface area (Å²) in [6, 6.07) is 17.6. The van der Waals surface area contributed by atoms with Crippen LogP contribution >= 0.6 is 0 Å². The molecule has 0 atom stereocenters. The first-order valence-electron chi connectivity index (χ1n) is 9.05. The number of likely N-dealkylation sites (tertiary alicyclic amines) is 1. The summed E-state index contributed by atoms with van der Waals surface area (Å²) in [5.74, 6) is 0.859. The highest BCUT2D eigenvalue weighted by Crippen LogP contribution is 2.36. The number of rotatable bonds is 4. The van der Waals surface area contributed by atoms with Crippen LogP contribution < -0.4 is 4.74 Å². The Balaban J connectivity index is 1.38. The molecule has 0 radical (unpaired) electrons. The van der Waals surface area contributed by atoms with Gasteiger partial charge in [0.2, 0.25) is 0 Å². The lowest BCUT2D eigenvalue weighted by atomic mass is 10.0. The third kappa shape index (κ3) is 3.93. The predicted octanol–water partition coefficient (Wildman–Crippen LogP) is 4.59. The number of amides is 1. The zero-order valence-corrected chi connectivity index (χ0v) is 14.4. The van der Waals surface area contributed by atoms with Crippen LogP contribution in [0.25, 0.3) is 0 Å². The van der Waals surface area contributed by atoms with E-state index in [0.717, 1.165) is 37.2 Å². The minimum absolute atomic E-state index is 0.116. The third-order valence-electron chi connectivity index (χ3n) is 4.98. The smallest absolute Gasteiger partial charge is 0.254 e. The maximum absolute atomic E-state index is 12.8. The number of piperidine rings is 1. The van der Waals surface area contributed by atoms with E-state index in [2.05, 4.69) is 0 Å². The molecule has 1 saturated heterocycles. The molecule has 25 heavy (non-hydrogen) atoms. The van der Waals surface area contributed by atoms with E-state index in [4.69, 9.17) is 4.74 Å². The van der Waals surface area contributed by atoms with Gasteiger partial charge < -0.3 is 9.64 Å². The molecule has 1 heterocycles. The van der Waals surface area contributed by atoms with Gasteiger partial charge in [0, 0.05) is 18.7 Å². The van der Waals surface area contributed by atoms with Crippen molar-refractivity contribution in [2.75, 3.05) is 13.1 Å². The summed E-state index contributed by atoms with van der Waals surface area (Å²) in [4.78, 5) is 14.7. The van der Waals surface area contributed by atoms with E-state index in [1.807, 2.05) is 59.5 Å². The molecule has 1 saturated carbocycles. The van der Waals surface area contributed by atoms with Crippen molar-refractivity contribution < 1.29 is 9.53 Å². The van der Waals surface area contributed by atoms with Gasteiger partial charge in [0.25, 0.3) is 5.91 Å². The molecule has 0 bridgehead atoms. The van der Waals surface area contributed by atoms with Crippen LogP contribution in [0, 0.1) is 0 Å². The molecule has 128 valence electrons. The SMILES string of the molecule is O=C(c1cccc(OCc2ccccc2)c1)N1CCC(=C2CC2)CC1. The number of hydrogen-bond acceptors (Lipinski definition) is 2. The molecule has 1 aliphatic carbocycles. The van der Waals surface area contributed by atoms with Crippen LogP contribution in [-0.2, 0) is 6.61 Å². The Morgan fingerprint density at radius 3 is 2.32 bits per heavy atom. The van der Waals surface area contributed by atoms with Gasteiger partial charge in [0.05, 0.1) is 0 Å². The normalized spacial score (nSPS) is 16.7. The van der Waals surface area contributed by atoms with E-state index in [-0.39, 0.29) is 5.91 Å². The fourth-order valence-corrected chi connectivity index (χ4v) is 3.39. The van der Waals surface area contributed by atoms with Crippen LogP contribution in [0.5, 0.6) is 5.75 Å². The van der Waals surface area contributed by atoms with Crippen molar-refractivity contribution in [1.29, 1.82) is 0 Å². The number of hydrogen-bond donors (Lipinski definition) is 0. The summed E-state index contributed by atoms with van der Waals surface area (Å²) >= 11 is 0. The van der Waals surface area contributed by atoms with E-state index in [9.17, 15) is 4.79 Å². The largest absolute Gasteiger partial charge is 0.489 e. The molecule has 1 amide bonds. The van der Waals surface area contributed by atoms with Gasteiger partial charge in [-0.15, -0.1) is 0 Å². The van der Waals surface area contributed by atoms with Crippen molar-refractivity contribution >= 4 is 5.91 Å². The summed E-state index contributed by atoms with van der Waals surface area (Å²) in [6.45, 7) is 2.19. The van der Waals surface area contributed by atoms with Gasteiger partial charge in [-0.2, -0.15) is 0 Å². The zero-order valence-electron chi connectivity index (χ0n) is 14.4. The first-order chi connectivity index (χ1) is 12.3. The highest BCUT2D eigenvalue weighted by atomic mass is 16.5. The summed E-state index contributed by atoms with van der Waals surface area (Å²) < 4.78 is 5.85. The number of allylic oxidation sites excluding steroid dienone is 1. The molecule has 0 N–H and O–H groups in total. The maximum Gasteiger partial charge on any atom is 0.254 e. The van der Waals surface area contributed by atoms with E-state index in [1.165, 1.54) is 12.8 Å². The fraction of sp³-hybridized carbons (Fsp3) is 0.318. The second kappa shape index (κ2) is 7.14. The minimum atomic E-state index is 0.116. The van der Waals surface area contributed by atoms with Crippen LogP contribution in [-0.4, -0.2) is 23.9 Å². The van der Waals surface area contributed by atoms with Crippen molar-refractivity contribution in [2.45, 2.75) is 32.3 Å². The average molecular weight is 333 g/mol. The zero-order chi connectivity index (χ0) is 17.1. The second-order valence-electron chi connectivity index (χ2n) is 6.80. The van der Waals surface area contributed by atoms with Crippen LogP contribution in [0.2, 0.25) is 0 Å². The van der Waals surface area contributed by atoms with Gasteiger partial charge in [-0.3, -0.25) is 4.79 Å². The van der Waals surface area contributed by atoms with Gasteiger partial charge in [0.1, 0.15) is 12.4 Å². The molecule has 2 aromatic carbocycles. The lowest BCUT2D eigenvalue weighted by Crippen LogP contribution is -2.36. The fourth-order valence-electron chi connectivity index (χ4n) is 3.39. The Labute approximate surface area is 148 Å². The first-order valence-corrected chi connectivity index (χ1v) is 9.05. The summed E-state index contributed by atoms with van der Waals surface area (Å²) in [7, 11) is 0. The Bertz CT molecular complexity index is 779. The second-order valence-corrected chi connectivity index (χ2v) is 6.80. The van der Waals surface area contributed by atoms with E-state index < -0.39 is 0 Å². The monoisotopic (exact) mass is 333 g/mol. The third-order valence-corrected chi connectivity index (χ3v) is 4.98. The Hall–Kier alpha value is -2.55. The van der Waals surface area contributed by atoms with Crippen molar-refractivity contribution in [2.24, 2.45) is 0 Å². The molecular weight excluding hydrogens is 310 g/mol. The Kier molecular flexibility index (Phi) is 4.55. The van der Waals surface area contributed by atoms with Gasteiger partial charge in [-0.05, 0) is 49.4 Å². The van der Waals surface area contributed by atoms with Crippen LogP contribution in [0.4, 0.5) is 0 Å². The van der Waals surface area contributed by atoms with Crippen molar-refractivity contribution in [1.82, 2.24) is 4.90 Å². The van der Waals surface area contributed by atoms with Crippen LogP contribution in [0.15, 0.2) is 65.7 Å². The summed E-state index contributed by atoms with van der Waals surface area (Å²) in [5, 5.41) is 0. The molecular formula is C22H23NO2. The first kappa shape index (κ1) is 15.9. The van der Waals surface area contributed by atoms with E-state index in [1.54, 1.807) is 11.1 Å². The molecule has 2 aromatic rings. The van der Waals surface area contributed by atoms with Gasteiger partial charge in [-0.1, -0.05) is 47.5 Å². The standard InChI is InChI=1S/C22H23NO2/c24-22(23-13-11-19(12-14-23)18-9-10-18)20-7-4-8-21(15-20)25-16-17-5-2-1-3-6-17/h1-8,15H,9-14,16H2. The summed E-state index contributed by atoms with van der Waals surface area (Å²) in [6.07, 6.45) is 4.66. The quantitative estimate of drug-likeness (QED) is 0.766. The lowest BCUT2D eigenvalue weighted by Gasteiger charge is -2.28. The number of ether oxygens (including phenoxy) is 1. The van der Waals surface area contributed by atoms with Gasteiger partial charge >= 0.3 is 0 Å². The molecule has 4 rings (SSSR count). The number of carbonyl (C=O) groups excluding carboxylic acids is 1. The molecule has 0 spiro atoms. The highest BCUT2D eigenvalue weighted by Gasteiger charge is 2.25. The molecule has 2 aliphatic rings. The predicted molar refractivity (Wildman–Crippen MR) is 98.6 cm³/mol. The number of benzene rings is 2. The van der Waals surface area contributed by atoms with Crippen LogP contribution in [0.3, 0.4) is 0 Å². The number of nitrogens with zero attached hydrogens (tertiary/aromatic N) is 1. The van der Waals surface area contributed by atoms with Gasteiger partial charge in [0.15, 0.2) is 0 Å². The summed E-state index contributed by atoms with van der Waals surface area (Å²) in [5.41, 5.74) is 5.08. The van der Waals surface area contributed by atoms with Crippen molar-refractivity contribution in [3.63, 3.8) is 0 Å². The molecule has 1 aliphatic heterocycles. The topological polar surface area (TPSA) is 29.5 Å².